The molecule has 1 unspecified atom stereocenters. The molecule has 0 radical (unpaired) electrons. The smallest absolute Gasteiger partial charge is 0.266 e. The third-order valence-corrected chi connectivity index (χ3v) is 2.90. The number of hydrogen-bond acceptors (Lipinski definition) is 4. The van der Waals surface area contributed by atoms with Crippen molar-refractivity contribution in [3.05, 3.63) is 41.0 Å². The van der Waals surface area contributed by atoms with Crippen molar-refractivity contribution in [3.8, 4) is 11.8 Å². The Morgan fingerprint density at radius 2 is 2.33 bits per heavy atom. The fourth-order valence-electron chi connectivity index (χ4n) is 1.68. The Balaban J connectivity index is 2.04. The molecule has 0 saturated heterocycles. The summed E-state index contributed by atoms with van der Waals surface area (Å²) in [6, 6.07) is 8.73. The molecule has 2 aromatic rings. The molecule has 7 heteroatoms. The first-order chi connectivity index (χ1) is 9.99. The fourth-order valence-corrected chi connectivity index (χ4v) is 1.86. The largest absolute Gasteiger partial charge is 0.481 e. The van der Waals surface area contributed by atoms with Crippen LogP contribution >= 0.6 is 11.6 Å². The molecule has 0 aliphatic heterocycles. The Labute approximate surface area is 126 Å². The van der Waals surface area contributed by atoms with Crippen molar-refractivity contribution in [2.24, 2.45) is 7.05 Å². The highest BCUT2D eigenvalue weighted by Gasteiger charge is 2.18. The van der Waals surface area contributed by atoms with E-state index in [1.807, 2.05) is 6.07 Å². The number of nitriles is 1. The summed E-state index contributed by atoms with van der Waals surface area (Å²) in [6.07, 6.45) is 0.773. The summed E-state index contributed by atoms with van der Waals surface area (Å²) in [5.74, 6) is 0.309. The van der Waals surface area contributed by atoms with E-state index in [9.17, 15) is 4.79 Å². The Kier molecular flexibility index (Phi) is 4.45. The lowest BCUT2D eigenvalue weighted by atomic mass is 10.3. The molecule has 1 N–H and O–H groups in total. The summed E-state index contributed by atoms with van der Waals surface area (Å²) in [5, 5.41) is 16.0. The molecule has 0 spiro atoms. The summed E-state index contributed by atoms with van der Waals surface area (Å²) in [7, 11) is 1.67. The fraction of sp³-hybridized carbons (Fsp3) is 0.214. The molecular formula is C14H13ClN4O2. The Hall–Kier alpha value is -2.52. The van der Waals surface area contributed by atoms with Crippen molar-refractivity contribution in [2.75, 3.05) is 5.32 Å². The molecule has 0 bridgehead atoms. The van der Waals surface area contributed by atoms with Crippen molar-refractivity contribution >= 4 is 23.3 Å². The Morgan fingerprint density at radius 3 is 3.00 bits per heavy atom. The molecule has 1 aromatic heterocycles. The van der Waals surface area contributed by atoms with Crippen LogP contribution in [-0.4, -0.2) is 21.8 Å². The van der Waals surface area contributed by atoms with Crippen LogP contribution in [0.15, 0.2) is 30.5 Å². The summed E-state index contributed by atoms with van der Waals surface area (Å²) in [6.45, 7) is 1.60. The number of rotatable bonds is 4. The third-order valence-electron chi connectivity index (χ3n) is 2.67. The number of halogens is 1. The van der Waals surface area contributed by atoms with Crippen LogP contribution in [0.25, 0.3) is 0 Å². The van der Waals surface area contributed by atoms with Gasteiger partial charge >= 0.3 is 0 Å². The van der Waals surface area contributed by atoms with Gasteiger partial charge in [-0.25, -0.2) is 0 Å². The minimum atomic E-state index is -0.753. The number of aromatic nitrogens is 2. The number of ether oxygens (including phenoxy) is 1. The maximum Gasteiger partial charge on any atom is 0.266 e. The van der Waals surface area contributed by atoms with Crippen molar-refractivity contribution in [2.45, 2.75) is 13.0 Å². The molecule has 1 heterocycles. The maximum atomic E-state index is 12.1. The molecule has 1 amide bonds. The van der Waals surface area contributed by atoms with Gasteiger partial charge < -0.3 is 10.1 Å². The zero-order valence-corrected chi connectivity index (χ0v) is 12.3. The van der Waals surface area contributed by atoms with Gasteiger partial charge in [0.2, 0.25) is 0 Å². The average Bonchev–Trinajstić information content (AvgIpc) is 2.78. The van der Waals surface area contributed by atoms with Crippen LogP contribution < -0.4 is 10.1 Å². The minimum Gasteiger partial charge on any atom is -0.481 e. The molecule has 108 valence electrons. The van der Waals surface area contributed by atoms with Crippen LogP contribution in [0.1, 0.15) is 12.5 Å². The van der Waals surface area contributed by atoms with E-state index in [1.54, 1.807) is 38.2 Å². The van der Waals surface area contributed by atoms with Crippen molar-refractivity contribution in [1.82, 2.24) is 9.78 Å². The second-order valence-electron chi connectivity index (χ2n) is 4.38. The van der Waals surface area contributed by atoms with Gasteiger partial charge in [0.15, 0.2) is 11.9 Å². The number of nitrogens with one attached hydrogen (secondary N) is 1. The molecule has 0 fully saturated rings. The highest BCUT2D eigenvalue weighted by atomic mass is 35.5. The molecule has 0 aliphatic carbocycles. The highest BCUT2D eigenvalue weighted by Crippen LogP contribution is 2.19. The van der Waals surface area contributed by atoms with E-state index < -0.39 is 12.0 Å². The van der Waals surface area contributed by atoms with Gasteiger partial charge in [0, 0.05) is 18.3 Å². The topological polar surface area (TPSA) is 79.9 Å². The number of aryl methyl sites for hydroxylation is 1. The molecule has 21 heavy (non-hydrogen) atoms. The van der Waals surface area contributed by atoms with Crippen molar-refractivity contribution < 1.29 is 9.53 Å². The van der Waals surface area contributed by atoms with Crippen molar-refractivity contribution in [3.63, 3.8) is 0 Å². The van der Waals surface area contributed by atoms with Gasteiger partial charge in [-0.2, -0.15) is 10.4 Å². The number of benzene rings is 1. The monoisotopic (exact) mass is 304 g/mol. The first-order valence-electron chi connectivity index (χ1n) is 6.16. The van der Waals surface area contributed by atoms with E-state index in [2.05, 4.69) is 10.4 Å². The van der Waals surface area contributed by atoms with Gasteiger partial charge in [-0.05, 0) is 25.1 Å². The van der Waals surface area contributed by atoms with Crippen LogP contribution in [0, 0.1) is 11.3 Å². The number of hydrogen-bond donors (Lipinski definition) is 1. The van der Waals surface area contributed by atoms with Gasteiger partial charge in [0.1, 0.15) is 17.4 Å². The van der Waals surface area contributed by atoms with E-state index in [4.69, 9.17) is 21.6 Å². The van der Waals surface area contributed by atoms with Crippen LogP contribution in [0.5, 0.6) is 5.75 Å². The van der Waals surface area contributed by atoms with Crippen LogP contribution in [0.3, 0.4) is 0 Å². The molecule has 1 atom stereocenters. The number of carbonyl (C=O) groups is 1. The molecular weight excluding hydrogens is 292 g/mol. The molecule has 0 saturated carbocycles. The summed E-state index contributed by atoms with van der Waals surface area (Å²) >= 11 is 5.85. The Morgan fingerprint density at radius 1 is 1.57 bits per heavy atom. The molecule has 2 rings (SSSR count). The number of amides is 1. The zero-order chi connectivity index (χ0) is 15.4. The van der Waals surface area contributed by atoms with Gasteiger partial charge in [-0.1, -0.05) is 17.7 Å². The predicted molar refractivity (Wildman–Crippen MR) is 78.1 cm³/mol. The van der Waals surface area contributed by atoms with Crippen LogP contribution in [0.4, 0.5) is 5.82 Å². The minimum absolute atomic E-state index is 0.214. The van der Waals surface area contributed by atoms with Gasteiger partial charge in [0.25, 0.3) is 5.91 Å². The van der Waals surface area contributed by atoms with Crippen LogP contribution in [-0.2, 0) is 11.8 Å². The lowest BCUT2D eigenvalue weighted by molar-refractivity contribution is -0.122. The summed E-state index contributed by atoms with van der Waals surface area (Å²) < 4.78 is 6.95. The second kappa shape index (κ2) is 6.29. The predicted octanol–water partition coefficient (Wildman–Crippen LogP) is 2.35. The number of anilines is 1. The van der Waals surface area contributed by atoms with E-state index in [-0.39, 0.29) is 5.82 Å². The average molecular weight is 305 g/mol. The van der Waals surface area contributed by atoms with E-state index in [0.29, 0.717) is 16.3 Å². The molecule has 1 aromatic carbocycles. The van der Waals surface area contributed by atoms with Gasteiger partial charge in [-0.15, -0.1) is 0 Å². The van der Waals surface area contributed by atoms with E-state index in [0.717, 1.165) is 0 Å². The second-order valence-corrected chi connectivity index (χ2v) is 4.82. The van der Waals surface area contributed by atoms with Crippen molar-refractivity contribution in [1.29, 1.82) is 5.26 Å². The van der Waals surface area contributed by atoms with Gasteiger partial charge in [-0.3, -0.25) is 9.48 Å². The van der Waals surface area contributed by atoms with E-state index >= 15 is 0 Å². The van der Waals surface area contributed by atoms with E-state index in [1.165, 1.54) is 10.9 Å². The molecule has 6 nitrogen and oxygen atoms in total. The maximum absolute atomic E-state index is 12.1. The number of carbonyl (C=O) groups excluding carboxylic acids is 1. The lowest BCUT2D eigenvalue weighted by Gasteiger charge is -2.14. The van der Waals surface area contributed by atoms with Crippen LogP contribution in [0.2, 0.25) is 5.02 Å². The quantitative estimate of drug-likeness (QED) is 0.940. The highest BCUT2D eigenvalue weighted by molar-refractivity contribution is 6.30. The summed E-state index contributed by atoms with van der Waals surface area (Å²) in [4.78, 5) is 12.1. The number of nitrogens with zero attached hydrogens (tertiary/aromatic N) is 3. The standard InChI is InChI=1S/C14H13ClN4O2/c1-9(21-12-5-3-4-11(15)6-12)14(20)17-13-10(7-16)8-19(2)18-13/h3-6,8-9H,1-2H3,(H,17,18,20). The third kappa shape index (κ3) is 3.74. The normalized spacial score (nSPS) is 11.5. The summed E-state index contributed by atoms with van der Waals surface area (Å²) in [5.41, 5.74) is 0.292. The first-order valence-corrected chi connectivity index (χ1v) is 6.54. The lowest BCUT2D eigenvalue weighted by Crippen LogP contribution is -2.30. The zero-order valence-electron chi connectivity index (χ0n) is 11.5. The first kappa shape index (κ1) is 14.9. The SMILES string of the molecule is CC(Oc1cccc(Cl)c1)C(=O)Nc1nn(C)cc1C#N. The Bertz CT molecular complexity index is 705. The van der Waals surface area contributed by atoms with Gasteiger partial charge in [0.05, 0.1) is 0 Å². The molecule has 0 aliphatic rings.